The van der Waals surface area contributed by atoms with Crippen LogP contribution in [0.5, 0.6) is 0 Å². The third kappa shape index (κ3) is 4.03. The van der Waals surface area contributed by atoms with Gasteiger partial charge >= 0.3 is 0 Å². The summed E-state index contributed by atoms with van der Waals surface area (Å²) in [5, 5.41) is 19.0. The molecule has 6 fully saturated rings. The fourth-order valence-electron chi connectivity index (χ4n) is 5.97. The molecule has 158 valence electrons. The smallest absolute Gasteiger partial charge is 0.0586 e. The Balaban J connectivity index is 1.20. The first kappa shape index (κ1) is 20.1. The Hall–Kier alpha value is -1.82. The highest BCUT2D eigenvalue weighted by Gasteiger charge is 2.39. The molecule has 0 aromatic heterocycles. The number of nitrogens with zero attached hydrogens (tertiary/aromatic N) is 2. The summed E-state index contributed by atoms with van der Waals surface area (Å²) in [6.07, 6.45) is 4.60. The highest BCUT2D eigenvalue weighted by molar-refractivity contribution is 5.42. The second kappa shape index (κ2) is 8.74. The summed E-state index contributed by atoms with van der Waals surface area (Å²) >= 11 is 0. The number of aliphatic hydroxyl groups excluding tert-OH is 2. The molecule has 4 heteroatoms. The van der Waals surface area contributed by atoms with Crippen molar-refractivity contribution >= 4 is 0 Å². The quantitative estimate of drug-likeness (QED) is 0.738. The molecule has 0 aliphatic carbocycles. The average Bonchev–Trinajstić information content (AvgIpc) is 2.82. The van der Waals surface area contributed by atoms with Crippen molar-refractivity contribution < 1.29 is 10.2 Å². The molecule has 6 aliphatic rings. The predicted octanol–water partition coefficient (Wildman–Crippen LogP) is 1.79. The van der Waals surface area contributed by atoms with Crippen molar-refractivity contribution in [1.29, 1.82) is 0 Å². The highest BCUT2D eigenvalue weighted by Crippen LogP contribution is 2.36. The molecule has 4 bridgehead atoms. The summed E-state index contributed by atoms with van der Waals surface area (Å²) in [4.78, 5) is 4.82. The zero-order chi connectivity index (χ0) is 20.5. The normalized spacial score (nSPS) is 39.0. The van der Waals surface area contributed by atoms with E-state index >= 15 is 0 Å². The first-order chi connectivity index (χ1) is 14.7. The van der Waals surface area contributed by atoms with E-state index < -0.39 is 0 Å². The summed E-state index contributed by atoms with van der Waals surface area (Å²) in [5.41, 5.74) is 2.12. The second-order valence-electron chi connectivity index (χ2n) is 9.56. The number of hydrogen-bond acceptors (Lipinski definition) is 4. The van der Waals surface area contributed by atoms with E-state index in [1.165, 1.54) is 12.8 Å². The maximum Gasteiger partial charge on any atom is 0.0586 e. The molecular formula is C26H32N2O2. The van der Waals surface area contributed by atoms with E-state index in [0.717, 1.165) is 50.1 Å². The molecule has 6 aliphatic heterocycles. The van der Waals surface area contributed by atoms with Crippen molar-refractivity contribution in [3.8, 4) is 23.7 Å². The van der Waals surface area contributed by atoms with E-state index in [9.17, 15) is 10.2 Å². The van der Waals surface area contributed by atoms with Gasteiger partial charge in [0, 0.05) is 48.1 Å². The molecule has 7 rings (SSSR count). The Bertz CT molecular complexity index is 801. The average molecular weight is 405 g/mol. The van der Waals surface area contributed by atoms with E-state index in [4.69, 9.17) is 0 Å². The topological polar surface area (TPSA) is 46.9 Å². The standard InChI is InChI=1S/C26H32N2O2/c29-17-25-13-21-9-11-27(25)15-23(21)7-5-19-1-2-20(4-3-19)6-8-24-16-28-12-10-22(24)14-26(28)18-30/h1-4,21-26,29-30H,9-18H2/t21-,22-,23-,24-,25+,26+/m0/s1. The van der Waals surface area contributed by atoms with Crippen molar-refractivity contribution in [2.45, 2.75) is 37.8 Å². The van der Waals surface area contributed by atoms with Crippen LogP contribution in [0.1, 0.15) is 36.8 Å². The largest absolute Gasteiger partial charge is 0.395 e. The van der Waals surface area contributed by atoms with Crippen molar-refractivity contribution in [3.05, 3.63) is 35.4 Å². The molecule has 2 N–H and O–H groups in total. The van der Waals surface area contributed by atoms with Gasteiger partial charge in [0.15, 0.2) is 0 Å². The lowest BCUT2D eigenvalue weighted by Crippen LogP contribution is -2.54. The Labute approximate surface area is 180 Å². The molecule has 6 heterocycles. The maximum atomic E-state index is 9.51. The van der Waals surface area contributed by atoms with Gasteiger partial charge in [-0.1, -0.05) is 23.7 Å². The minimum absolute atomic E-state index is 0.279. The van der Waals surface area contributed by atoms with Crippen molar-refractivity contribution in [2.75, 3.05) is 39.4 Å². The van der Waals surface area contributed by atoms with Crippen LogP contribution in [-0.4, -0.2) is 71.5 Å². The fourth-order valence-corrected chi connectivity index (χ4v) is 5.97. The van der Waals surface area contributed by atoms with Crippen LogP contribution in [0.4, 0.5) is 0 Å². The lowest BCUT2D eigenvalue weighted by atomic mass is 9.76. The SMILES string of the molecule is OC[C@H]1C[C@@H]2CCN1C[C@@H]2C#Cc1ccc(C#C[C@H]2CN3CC[C@H]2C[C@@H]3CO)cc1. The molecule has 0 saturated carbocycles. The van der Waals surface area contributed by atoms with Gasteiger partial charge in [0.05, 0.1) is 13.2 Å². The number of hydrogen-bond donors (Lipinski definition) is 2. The first-order valence-corrected chi connectivity index (χ1v) is 11.6. The minimum Gasteiger partial charge on any atom is -0.395 e. The van der Waals surface area contributed by atoms with Crippen LogP contribution < -0.4 is 0 Å². The van der Waals surface area contributed by atoms with Crippen LogP contribution in [0.15, 0.2) is 24.3 Å². The Morgan fingerprint density at radius 2 is 1.17 bits per heavy atom. The van der Waals surface area contributed by atoms with Crippen molar-refractivity contribution in [3.63, 3.8) is 0 Å². The highest BCUT2D eigenvalue weighted by atomic mass is 16.3. The van der Waals surface area contributed by atoms with Crippen LogP contribution >= 0.6 is 0 Å². The molecule has 0 spiro atoms. The Morgan fingerprint density at radius 3 is 1.50 bits per heavy atom. The van der Waals surface area contributed by atoms with Crippen molar-refractivity contribution in [2.24, 2.45) is 23.7 Å². The van der Waals surface area contributed by atoms with Gasteiger partial charge < -0.3 is 10.2 Å². The van der Waals surface area contributed by atoms with Crippen LogP contribution in [0.25, 0.3) is 0 Å². The summed E-state index contributed by atoms with van der Waals surface area (Å²) in [7, 11) is 0. The summed E-state index contributed by atoms with van der Waals surface area (Å²) in [6, 6.07) is 9.07. The molecule has 1 aromatic carbocycles. The Kier molecular flexibility index (Phi) is 5.85. The van der Waals surface area contributed by atoms with E-state index in [-0.39, 0.29) is 13.2 Å². The first-order valence-electron chi connectivity index (χ1n) is 11.6. The monoisotopic (exact) mass is 404 g/mol. The maximum absolute atomic E-state index is 9.51. The van der Waals surface area contributed by atoms with Gasteiger partial charge in [-0.25, -0.2) is 0 Å². The molecule has 0 radical (unpaired) electrons. The zero-order valence-electron chi connectivity index (χ0n) is 17.6. The van der Waals surface area contributed by atoms with Crippen LogP contribution in [0.2, 0.25) is 0 Å². The van der Waals surface area contributed by atoms with E-state index in [0.29, 0.717) is 35.8 Å². The number of aliphatic hydroxyl groups is 2. The summed E-state index contributed by atoms with van der Waals surface area (Å²) in [5.74, 6) is 15.9. The lowest BCUT2D eigenvalue weighted by Gasteiger charge is -2.47. The third-order valence-corrected chi connectivity index (χ3v) is 7.87. The van der Waals surface area contributed by atoms with E-state index in [2.05, 4.69) is 57.7 Å². The molecule has 8 atom stereocenters. The number of benzene rings is 1. The number of fused-ring (bicyclic) bond motifs is 6. The molecule has 4 nitrogen and oxygen atoms in total. The lowest BCUT2D eigenvalue weighted by molar-refractivity contribution is -0.00370. The van der Waals surface area contributed by atoms with E-state index in [1.54, 1.807) is 0 Å². The van der Waals surface area contributed by atoms with E-state index in [1.807, 2.05) is 0 Å². The van der Waals surface area contributed by atoms with Crippen LogP contribution in [0.3, 0.4) is 0 Å². The second-order valence-corrected chi connectivity index (χ2v) is 9.56. The van der Waals surface area contributed by atoms with Gasteiger partial charge in [0.1, 0.15) is 0 Å². The molecule has 6 saturated heterocycles. The minimum atomic E-state index is 0.279. The summed E-state index contributed by atoms with van der Waals surface area (Å²) in [6.45, 7) is 4.79. The molecule has 0 amide bonds. The van der Waals surface area contributed by atoms with Crippen LogP contribution in [0, 0.1) is 47.4 Å². The van der Waals surface area contributed by atoms with Crippen molar-refractivity contribution in [1.82, 2.24) is 9.80 Å². The van der Waals surface area contributed by atoms with Gasteiger partial charge in [-0.2, -0.15) is 0 Å². The zero-order valence-corrected chi connectivity index (χ0v) is 17.6. The van der Waals surface area contributed by atoms with Gasteiger partial charge in [0.2, 0.25) is 0 Å². The molecule has 2 unspecified atom stereocenters. The van der Waals surface area contributed by atoms with Gasteiger partial charge in [-0.05, 0) is 74.9 Å². The molecular weight excluding hydrogens is 372 g/mol. The number of rotatable bonds is 2. The third-order valence-electron chi connectivity index (χ3n) is 7.87. The fraction of sp³-hybridized carbons (Fsp3) is 0.615. The number of piperidine rings is 6. The Morgan fingerprint density at radius 1 is 0.733 bits per heavy atom. The van der Waals surface area contributed by atoms with Gasteiger partial charge in [-0.3, -0.25) is 9.80 Å². The van der Waals surface area contributed by atoms with Gasteiger partial charge in [0.25, 0.3) is 0 Å². The predicted molar refractivity (Wildman–Crippen MR) is 118 cm³/mol. The van der Waals surface area contributed by atoms with Crippen LogP contribution in [-0.2, 0) is 0 Å². The molecule has 1 aromatic rings. The summed E-state index contributed by atoms with van der Waals surface area (Å²) < 4.78 is 0. The molecule has 30 heavy (non-hydrogen) atoms. The van der Waals surface area contributed by atoms with Gasteiger partial charge in [-0.15, -0.1) is 0 Å².